The minimum atomic E-state index is -0.107. The second kappa shape index (κ2) is 12.5. The number of nitrogens with zero attached hydrogens (tertiary/aromatic N) is 1. The molecule has 1 aliphatic heterocycles. The predicted molar refractivity (Wildman–Crippen MR) is 118 cm³/mol. The number of rotatable bonds is 7. The maximum Gasteiger partial charge on any atom is 0.237 e. The molecule has 3 rings (SSSR count). The SMILES string of the molecule is COc1cc(C(C)NC(=O)C2CCCCN2)ccc1OCc1ccncc1.Cl.Cl. The van der Waals surface area contributed by atoms with Crippen molar-refractivity contribution in [3.63, 3.8) is 0 Å². The van der Waals surface area contributed by atoms with Gasteiger partial charge in [-0.2, -0.15) is 0 Å². The number of carbonyl (C=O) groups is 1. The molecule has 1 aromatic carbocycles. The highest BCUT2D eigenvalue weighted by Crippen LogP contribution is 2.31. The summed E-state index contributed by atoms with van der Waals surface area (Å²) >= 11 is 0. The second-order valence-electron chi connectivity index (χ2n) is 6.79. The van der Waals surface area contributed by atoms with Crippen LogP contribution in [0.1, 0.15) is 43.4 Å². The molecule has 0 radical (unpaired) electrons. The van der Waals surface area contributed by atoms with Crippen LogP contribution in [-0.2, 0) is 11.4 Å². The van der Waals surface area contributed by atoms with Gasteiger partial charge in [-0.1, -0.05) is 12.5 Å². The lowest BCUT2D eigenvalue weighted by molar-refractivity contribution is -0.124. The fourth-order valence-corrected chi connectivity index (χ4v) is 3.19. The van der Waals surface area contributed by atoms with Gasteiger partial charge in [0.05, 0.1) is 19.2 Å². The Balaban J connectivity index is 0.00000210. The summed E-state index contributed by atoms with van der Waals surface area (Å²) in [6, 6.07) is 9.40. The van der Waals surface area contributed by atoms with Gasteiger partial charge in [0.25, 0.3) is 0 Å². The summed E-state index contributed by atoms with van der Waals surface area (Å²) in [5, 5.41) is 6.37. The van der Waals surface area contributed by atoms with Crippen molar-refractivity contribution in [2.45, 2.75) is 44.9 Å². The minimum Gasteiger partial charge on any atom is -0.493 e. The zero-order valence-corrected chi connectivity index (χ0v) is 18.4. The van der Waals surface area contributed by atoms with Crippen molar-refractivity contribution < 1.29 is 14.3 Å². The van der Waals surface area contributed by atoms with Gasteiger partial charge in [0.15, 0.2) is 11.5 Å². The summed E-state index contributed by atoms with van der Waals surface area (Å²) in [4.78, 5) is 16.4. The number of methoxy groups -OCH3 is 1. The molecule has 29 heavy (non-hydrogen) atoms. The Morgan fingerprint density at radius 2 is 1.97 bits per heavy atom. The van der Waals surface area contributed by atoms with E-state index in [-0.39, 0.29) is 42.8 Å². The van der Waals surface area contributed by atoms with Crippen LogP contribution in [0, 0.1) is 0 Å². The highest BCUT2D eigenvalue weighted by atomic mass is 35.5. The Hall–Kier alpha value is -2.02. The third kappa shape index (κ3) is 7.07. The molecule has 0 saturated carbocycles. The van der Waals surface area contributed by atoms with E-state index in [2.05, 4.69) is 15.6 Å². The van der Waals surface area contributed by atoms with E-state index < -0.39 is 0 Å². The fourth-order valence-electron chi connectivity index (χ4n) is 3.19. The van der Waals surface area contributed by atoms with E-state index in [1.165, 1.54) is 0 Å². The lowest BCUT2D eigenvalue weighted by Crippen LogP contribution is -2.47. The molecule has 8 heteroatoms. The minimum absolute atomic E-state index is 0. The van der Waals surface area contributed by atoms with Crippen molar-refractivity contribution >= 4 is 30.7 Å². The molecule has 1 amide bonds. The normalized spacial score (nSPS) is 16.6. The summed E-state index contributed by atoms with van der Waals surface area (Å²) in [6.07, 6.45) is 6.60. The second-order valence-corrected chi connectivity index (χ2v) is 6.79. The Bertz CT molecular complexity index is 756. The lowest BCUT2D eigenvalue weighted by Gasteiger charge is -2.25. The number of aromatic nitrogens is 1. The first-order chi connectivity index (χ1) is 13.2. The number of benzene rings is 1. The van der Waals surface area contributed by atoms with E-state index >= 15 is 0 Å². The molecule has 1 aliphatic rings. The van der Waals surface area contributed by atoms with Gasteiger partial charge in [-0.15, -0.1) is 24.8 Å². The summed E-state index contributed by atoms with van der Waals surface area (Å²) in [7, 11) is 1.62. The summed E-state index contributed by atoms with van der Waals surface area (Å²) in [5.41, 5.74) is 2.02. The maximum absolute atomic E-state index is 12.4. The molecule has 6 nitrogen and oxygen atoms in total. The first-order valence-corrected chi connectivity index (χ1v) is 9.41. The average Bonchev–Trinajstić information content (AvgIpc) is 2.73. The molecular formula is C21H29Cl2N3O3. The van der Waals surface area contributed by atoms with Crippen molar-refractivity contribution in [1.82, 2.24) is 15.6 Å². The van der Waals surface area contributed by atoms with Gasteiger partial charge in [-0.25, -0.2) is 0 Å². The number of hydrogen-bond donors (Lipinski definition) is 2. The lowest BCUT2D eigenvalue weighted by atomic mass is 10.0. The van der Waals surface area contributed by atoms with Crippen LogP contribution >= 0.6 is 24.8 Å². The molecule has 160 valence electrons. The Kier molecular flexibility index (Phi) is 10.8. The van der Waals surface area contributed by atoms with E-state index in [0.717, 1.165) is 36.9 Å². The monoisotopic (exact) mass is 441 g/mol. The average molecular weight is 442 g/mol. The zero-order chi connectivity index (χ0) is 19.1. The topological polar surface area (TPSA) is 72.5 Å². The third-order valence-corrected chi connectivity index (χ3v) is 4.82. The molecule has 0 aliphatic carbocycles. The van der Waals surface area contributed by atoms with Crippen LogP contribution in [0.3, 0.4) is 0 Å². The van der Waals surface area contributed by atoms with Crippen molar-refractivity contribution in [3.05, 3.63) is 53.9 Å². The number of ether oxygens (including phenoxy) is 2. The third-order valence-electron chi connectivity index (χ3n) is 4.82. The quantitative estimate of drug-likeness (QED) is 0.682. The van der Waals surface area contributed by atoms with Crippen molar-refractivity contribution in [2.24, 2.45) is 0 Å². The molecule has 2 aromatic rings. The van der Waals surface area contributed by atoms with Gasteiger partial charge < -0.3 is 20.1 Å². The van der Waals surface area contributed by atoms with E-state index in [4.69, 9.17) is 9.47 Å². The Morgan fingerprint density at radius 1 is 1.21 bits per heavy atom. The number of pyridine rings is 1. The highest BCUT2D eigenvalue weighted by molar-refractivity contribution is 5.85. The van der Waals surface area contributed by atoms with Crippen LogP contribution in [0.4, 0.5) is 0 Å². The Labute approximate surface area is 184 Å². The van der Waals surface area contributed by atoms with Crippen LogP contribution in [-0.4, -0.2) is 30.6 Å². The molecule has 2 heterocycles. The van der Waals surface area contributed by atoms with Gasteiger partial charge in [0, 0.05) is 12.4 Å². The molecule has 2 atom stereocenters. The van der Waals surface area contributed by atoms with E-state index in [9.17, 15) is 4.79 Å². The summed E-state index contributed by atoms with van der Waals surface area (Å²) in [6.45, 7) is 3.33. The van der Waals surface area contributed by atoms with Crippen molar-refractivity contribution in [3.8, 4) is 11.5 Å². The molecule has 1 saturated heterocycles. The van der Waals surface area contributed by atoms with E-state index in [1.54, 1.807) is 19.5 Å². The zero-order valence-electron chi connectivity index (χ0n) is 16.7. The summed E-state index contributed by atoms with van der Waals surface area (Å²) < 4.78 is 11.4. The molecule has 2 N–H and O–H groups in total. The van der Waals surface area contributed by atoms with Crippen LogP contribution in [0.15, 0.2) is 42.7 Å². The summed E-state index contributed by atoms with van der Waals surface area (Å²) in [5.74, 6) is 1.38. The van der Waals surface area contributed by atoms with Crippen LogP contribution in [0.2, 0.25) is 0 Å². The number of nitrogens with one attached hydrogen (secondary N) is 2. The van der Waals surface area contributed by atoms with Crippen LogP contribution in [0.5, 0.6) is 11.5 Å². The number of halogens is 2. The van der Waals surface area contributed by atoms with Gasteiger partial charge in [0.2, 0.25) is 5.91 Å². The maximum atomic E-state index is 12.4. The molecule has 0 bridgehead atoms. The molecule has 0 spiro atoms. The standard InChI is InChI=1S/C21H27N3O3.2ClH/c1-15(24-21(25)18-5-3-4-10-23-18)17-6-7-19(20(13-17)26-2)27-14-16-8-11-22-12-9-16;;/h6-9,11-13,15,18,23H,3-5,10,14H2,1-2H3,(H,24,25);2*1H. The molecule has 2 unspecified atom stereocenters. The van der Waals surface area contributed by atoms with Gasteiger partial charge in [-0.3, -0.25) is 9.78 Å². The first-order valence-electron chi connectivity index (χ1n) is 9.41. The molecule has 1 fully saturated rings. The molecular weight excluding hydrogens is 413 g/mol. The highest BCUT2D eigenvalue weighted by Gasteiger charge is 2.22. The number of hydrogen-bond acceptors (Lipinski definition) is 5. The van der Waals surface area contributed by atoms with Gasteiger partial charge >= 0.3 is 0 Å². The van der Waals surface area contributed by atoms with E-state index in [1.807, 2.05) is 37.3 Å². The van der Waals surface area contributed by atoms with Crippen LogP contribution in [0.25, 0.3) is 0 Å². The fraction of sp³-hybridized carbons (Fsp3) is 0.429. The smallest absolute Gasteiger partial charge is 0.237 e. The number of piperidine rings is 1. The van der Waals surface area contributed by atoms with Gasteiger partial charge in [0.1, 0.15) is 6.61 Å². The largest absolute Gasteiger partial charge is 0.493 e. The van der Waals surface area contributed by atoms with E-state index in [0.29, 0.717) is 18.1 Å². The number of amides is 1. The molecule has 1 aromatic heterocycles. The van der Waals surface area contributed by atoms with Crippen molar-refractivity contribution in [1.29, 1.82) is 0 Å². The van der Waals surface area contributed by atoms with Gasteiger partial charge in [-0.05, 0) is 61.7 Å². The Morgan fingerprint density at radius 3 is 2.62 bits per heavy atom. The number of carbonyl (C=O) groups excluding carboxylic acids is 1. The van der Waals surface area contributed by atoms with Crippen LogP contribution < -0.4 is 20.1 Å². The predicted octanol–water partition coefficient (Wildman–Crippen LogP) is 3.83. The first kappa shape index (κ1) is 25.0. The van der Waals surface area contributed by atoms with Crippen molar-refractivity contribution in [2.75, 3.05) is 13.7 Å².